The van der Waals surface area contributed by atoms with E-state index in [0.29, 0.717) is 23.4 Å². The zero-order chi connectivity index (χ0) is 23.7. The first-order valence-electron chi connectivity index (χ1n) is 11.8. The van der Waals surface area contributed by atoms with Gasteiger partial charge in [0.25, 0.3) is 15.9 Å². The van der Waals surface area contributed by atoms with E-state index in [1.165, 1.54) is 29.6 Å². The van der Waals surface area contributed by atoms with Crippen molar-refractivity contribution in [1.29, 1.82) is 0 Å². The summed E-state index contributed by atoms with van der Waals surface area (Å²) in [6, 6.07) is 21.5. The van der Waals surface area contributed by atoms with Gasteiger partial charge >= 0.3 is 0 Å². The van der Waals surface area contributed by atoms with Gasteiger partial charge in [-0.2, -0.15) is 0 Å². The average Bonchev–Trinajstić information content (AvgIpc) is 3.21. The van der Waals surface area contributed by atoms with Gasteiger partial charge < -0.3 is 10.2 Å². The number of sulfonamides is 1. The Labute approximate surface area is 201 Å². The molecule has 3 aromatic rings. The molecule has 176 valence electrons. The number of rotatable bonds is 5. The summed E-state index contributed by atoms with van der Waals surface area (Å²) in [6.07, 6.45) is 4.37. The molecule has 0 spiro atoms. The predicted molar refractivity (Wildman–Crippen MR) is 136 cm³/mol. The van der Waals surface area contributed by atoms with Crippen LogP contribution in [0.5, 0.6) is 0 Å². The van der Waals surface area contributed by atoms with Crippen LogP contribution in [0.4, 0.5) is 17.1 Å². The highest BCUT2D eigenvalue weighted by Gasteiger charge is 2.36. The molecule has 3 aromatic carbocycles. The average molecular weight is 476 g/mol. The Morgan fingerprint density at radius 2 is 1.65 bits per heavy atom. The van der Waals surface area contributed by atoms with Crippen molar-refractivity contribution in [3.05, 3.63) is 83.9 Å². The van der Waals surface area contributed by atoms with Crippen LogP contribution in [-0.2, 0) is 16.4 Å². The number of hydrogen-bond acceptors (Lipinski definition) is 4. The van der Waals surface area contributed by atoms with E-state index < -0.39 is 10.0 Å². The van der Waals surface area contributed by atoms with Gasteiger partial charge in [0, 0.05) is 36.1 Å². The Balaban J connectivity index is 1.34. The molecule has 7 heteroatoms. The van der Waals surface area contributed by atoms with Crippen LogP contribution in [0.15, 0.2) is 77.7 Å². The molecule has 1 N–H and O–H groups in total. The summed E-state index contributed by atoms with van der Waals surface area (Å²) >= 11 is 0. The number of carbonyl (C=O) groups excluding carboxylic acids is 1. The minimum Gasteiger partial charge on any atom is -0.372 e. The Hall–Kier alpha value is -3.32. The van der Waals surface area contributed by atoms with Gasteiger partial charge in [-0.3, -0.25) is 9.10 Å². The summed E-state index contributed by atoms with van der Waals surface area (Å²) in [5.41, 5.74) is 3.87. The fraction of sp³-hybridized carbons (Fsp3) is 0.296. The molecule has 0 aliphatic carbocycles. The lowest BCUT2D eigenvalue weighted by Crippen LogP contribution is -2.35. The number of carbonyl (C=O) groups is 1. The predicted octanol–water partition coefficient (Wildman–Crippen LogP) is 5.07. The van der Waals surface area contributed by atoms with Gasteiger partial charge in [0.15, 0.2) is 0 Å². The smallest absolute Gasteiger partial charge is 0.264 e. The van der Waals surface area contributed by atoms with E-state index in [4.69, 9.17) is 0 Å². The standard InChI is InChI=1S/C27H29N3O3S/c1-20-18-21-8-3-4-11-26(21)30(20)34(32,33)25-10-7-9-22(19-25)27(31)28-23-12-14-24(15-13-23)29-16-5-2-6-17-29/h3-4,7-15,19-20H,2,5-6,16-18H2,1H3,(H,28,31)/t20-/m1/s1. The number of fused-ring (bicyclic) bond motifs is 1. The maximum Gasteiger partial charge on any atom is 0.264 e. The molecule has 6 nitrogen and oxygen atoms in total. The number of nitrogens with one attached hydrogen (secondary N) is 1. The number of amides is 1. The zero-order valence-electron chi connectivity index (χ0n) is 19.3. The van der Waals surface area contributed by atoms with Gasteiger partial charge in [-0.25, -0.2) is 8.42 Å². The summed E-state index contributed by atoms with van der Waals surface area (Å²) < 4.78 is 28.5. The van der Waals surface area contributed by atoms with Crippen molar-refractivity contribution in [2.24, 2.45) is 0 Å². The van der Waals surface area contributed by atoms with Crippen LogP contribution in [0.2, 0.25) is 0 Å². The molecule has 1 fully saturated rings. The van der Waals surface area contributed by atoms with E-state index in [-0.39, 0.29) is 16.8 Å². The van der Waals surface area contributed by atoms with E-state index in [1.54, 1.807) is 18.2 Å². The van der Waals surface area contributed by atoms with Crippen LogP contribution in [0, 0.1) is 0 Å². The fourth-order valence-electron chi connectivity index (χ4n) is 4.93. The number of anilines is 3. The minimum atomic E-state index is -3.80. The van der Waals surface area contributed by atoms with Crippen molar-refractivity contribution >= 4 is 33.0 Å². The molecule has 0 radical (unpaired) electrons. The monoisotopic (exact) mass is 475 g/mol. The number of para-hydroxylation sites is 1. The molecule has 2 heterocycles. The van der Waals surface area contributed by atoms with Gasteiger partial charge in [-0.1, -0.05) is 24.3 Å². The van der Waals surface area contributed by atoms with Crippen LogP contribution in [0.3, 0.4) is 0 Å². The first-order valence-corrected chi connectivity index (χ1v) is 13.3. The summed E-state index contributed by atoms with van der Waals surface area (Å²) in [7, 11) is -3.80. The number of piperidine rings is 1. The zero-order valence-corrected chi connectivity index (χ0v) is 20.1. The van der Waals surface area contributed by atoms with Crippen LogP contribution in [-0.4, -0.2) is 33.5 Å². The maximum atomic E-state index is 13.5. The highest BCUT2D eigenvalue weighted by molar-refractivity contribution is 7.92. The van der Waals surface area contributed by atoms with Crippen LogP contribution >= 0.6 is 0 Å². The molecule has 0 unspecified atom stereocenters. The largest absolute Gasteiger partial charge is 0.372 e. The molecule has 1 saturated heterocycles. The number of nitrogens with zero attached hydrogens (tertiary/aromatic N) is 2. The SMILES string of the molecule is C[C@@H]1Cc2ccccc2N1S(=O)(=O)c1cccc(C(=O)Nc2ccc(N3CCCCC3)cc2)c1. The molecule has 5 rings (SSSR count). The van der Waals surface area contributed by atoms with E-state index in [2.05, 4.69) is 10.2 Å². The second kappa shape index (κ2) is 9.14. The second-order valence-corrected chi connectivity index (χ2v) is 10.9. The minimum absolute atomic E-state index is 0.115. The Kier molecular flexibility index (Phi) is 6.04. The first kappa shape index (κ1) is 22.5. The van der Waals surface area contributed by atoms with Gasteiger partial charge in [-0.15, -0.1) is 0 Å². The molecule has 34 heavy (non-hydrogen) atoms. The van der Waals surface area contributed by atoms with E-state index in [1.807, 2.05) is 55.5 Å². The summed E-state index contributed by atoms with van der Waals surface area (Å²) in [4.78, 5) is 15.4. The van der Waals surface area contributed by atoms with Crippen LogP contribution in [0.25, 0.3) is 0 Å². The molecule has 0 bridgehead atoms. The third-order valence-corrected chi connectivity index (χ3v) is 8.57. The molecule has 0 saturated carbocycles. The quantitative estimate of drug-likeness (QED) is 0.559. The number of benzene rings is 3. The number of hydrogen-bond donors (Lipinski definition) is 1. The Morgan fingerprint density at radius 1 is 0.912 bits per heavy atom. The second-order valence-electron chi connectivity index (χ2n) is 9.06. The summed E-state index contributed by atoms with van der Waals surface area (Å²) in [5.74, 6) is -0.336. The highest BCUT2D eigenvalue weighted by atomic mass is 32.2. The highest BCUT2D eigenvalue weighted by Crippen LogP contribution is 2.36. The lowest BCUT2D eigenvalue weighted by atomic mass is 10.1. The third-order valence-electron chi connectivity index (χ3n) is 6.64. The van der Waals surface area contributed by atoms with E-state index in [0.717, 1.165) is 24.3 Å². The fourth-order valence-corrected chi connectivity index (χ4v) is 6.66. The van der Waals surface area contributed by atoms with Crippen LogP contribution < -0.4 is 14.5 Å². The van der Waals surface area contributed by atoms with Crippen molar-refractivity contribution in [2.45, 2.75) is 43.5 Å². The molecule has 2 aliphatic heterocycles. The van der Waals surface area contributed by atoms with Gasteiger partial charge in [0.1, 0.15) is 0 Å². The first-order chi connectivity index (χ1) is 16.4. The van der Waals surface area contributed by atoms with E-state index >= 15 is 0 Å². The normalized spacial score (nSPS) is 18.0. The molecule has 2 aliphatic rings. The van der Waals surface area contributed by atoms with Gasteiger partial charge in [0.2, 0.25) is 0 Å². The topological polar surface area (TPSA) is 69.7 Å². The molecule has 1 atom stereocenters. The van der Waals surface area contributed by atoms with Crippen molar-refractivity contribution in [3.63, 3.8) is 0 Å². The Morgan fingerprint density at radius 3 is 2.41 bits per heavy atom. The van der Waals surface area contributed by atoms with Gasteiger partial charge in [-0.05, 0) is 86.7 Å². The van der Waals surface area contributed by atoms with Crippen LogP contribution in [0.1, 0.15) is 42.1 Å². The maximum absolute atomic E-state index is 13.5. The van der Waals surface area contributed by atoms with Crippen molar-refractivity contribution in [1.82, 2.24) is 0 Å². The molecular weight excluding hydrogens is 446 g/mol. The molecular formula is C27H29N3O3S. The van der Waals surface area contributed by atoms with Gasteiger partial charge in [0.05, 0.1) is 10.6 Å². The molecule has 0 aromatic heterocycles. The Bertz CT molecular complexity index is 1300. The summed E-state index contributed by atoms with van der Waals surface area (Å²) in [5, 5.41) is 2.90. The molecule has 1 amide bonds. The summed E-state index contributed by atoms with van der Waals surface area (Å²) in [6.45, 7) is 4.03. The lowest BCUT2D eigenvalue weighted by Gasteiger charge is -2.28. The van der Waals surface area contributed by atoms with Crippen molar-refractivity contribution < 1.29 is 13.2 Å². The van der Waals surface area contributed by atoms with E-state index in [9.17, 15) is 13.2 Å². The third kappa shape index (κ3) is 4.28. The lowest BCUT2D eigenvalue weighted by molar-refractivity contribution is 0.102. The van der Waals surface area contributed by atoms with Crippen molar-refractivity contribution in [3.8, 4) is 0 Å². The van der Waals surface area contributed by atoms with Crippen molar-refractivity contribution in [2.75, 3.05) is 27.6 Å².